The van der Waals surface area contributed by atoms with Gasteiger partial charge in [-0.25, -0.2) is 4.98 Å². The van der Waals surface area contributed by atoms with Crippen LogP contribution in [0.25, 0.3) is 11.0 Å². The predicted octanol–water partition coefficient (Wildman–Crippen LogP) is 5.03. The number of imidazole rings is 1. The van der Waals surface area contributed by atoms with Crippen LogP contribution in [0.4, 0.5) is 11.6 Å². The highest BCUT2D eigenvalue weighted by Gasteiger charge is 2.14. The van der Waals surface area contributed by atoms with Crippen molar-refractivity contribution in [1.29, 1.82) is 0 Å². The molecule has 0 aliphatic heterocycles. The Morgan fingerprint density at radius 2 is 1.92 bits per heavy atom. The highest BCUT2D eigenvalue weighted by Crippen LogP contribution is 2.28. The van der Waals surface area contributed by atoms with Crippen LogP contribution >= 0.6 is 15.9 Å². The molecule has 7 heteroatoms. The highest BCUT2D eigenvalue weighted by atomic mass is 79.9. The van der Waals surface area contributed by atoms with Crippen molar-refractivity contribution in [2.45, 2.75) is 19.9 Å². The SMILES string of the molecule is CC(C)n1c(Nc2ccc(C(=O)N=O)cc2)nc2ccc(Br)cc21. The van der Waals surface area contributed by atoms with Crippen LogP contribution in [0.2, 0.25) is 0 Å². The average Bonchev–Trinajstić information content (AvgIpc) is 2.92. The summed E-state index contributed by atoms with van der Waals surface area (Å²) in [5.41, 5.74) is 2.95. The van der Waals surface area contributed by atoms with Gasteiger partial charge in [0.15, 0.2) is 0 Å². The van der Waals surface area contributed by atoms with Gasteiger partial charge in [-0.15, -0.1) is 4.91 Å². The third kappa shape index (κ3) is 3.07. The van der Waals surface area contributed by atoms with E-state index in [1.165, 1.54) is 0 Å². The summed E-state index contributed by atoms with van der Waals surface area (Å²) < 4.78 is 3.10. The van der Waals surface area contributed by atoms with Gasteiger partial charge in [0.05, 0.1) is 11.0 Å². The van der Waals surface area contributed by atoms with E-state index in [9.17, 15) is 9.70 Å². The number of hydrogen-bond acceptors (Lipinski definition) is 4. The standard InChI is InChI=1S/C17H15BrN4O2/c1-10(2)22-15-9-12(18)5-8-14(15)20-17(22)19-13-6-3-11(4-7-13)16(23)21-24/h3-10H,1-2H3,(H,19,20). The monoisotopic (exact) mass is 386 g/mol. The molecule has 2 aromatic carbocycles. The summed E-state index contributed by atoms with van der Waals surface area (Å²) in [5, 5.41) is 5.68. The van der Waals surface area contributed by atoms with Crippen molar-refractivity contribution in [3.05, 3.63) is 57.4 Å². The van der Waals surface area contributed by atoms with E-state index in [1.54, 1.807) is 24.3 Å². The summed E-state index contributed by atoms with van der Waals surface area (Å²) in [6.45, 7) is 4.18. The molecule has 6 nitrogen and oxygen atoms in total. The van der Waals surface area contributed by atoms with Crippen LogP contribution in [0.3, 0.4) is 0 Å². The van der Waals surface area contributed by atoms with Crippen LogP contribution in [-0.2, 0) is 0 Å². The normalized spacial score (nSPS) is 11.0. The van der Waals surface area contributed by atoms with Crippen molar-refractivity contribution in [3.63, 3.8) is 0 Å². The number of anilines is 2. The third-order valence-electron chi connectivity index (χ3n) is 3.64. The number of fused-ring (bicyclic) bond motifs is 1. The number of carbonyl (C=O) groups excluding carboxylic acids is 1. The first-order chi connectivity index (χ1) is 11.5. The predicted molar refractivity (Wildman–Crippen MR) is 97.7 cm³/mol. The van der Waals surface area contributed by atoms with Crippen LogP contribution in [0.15, 0.2) is 52.1 Å². The molecule has 3 aromatic rings. The minimum atomic E-state index is -0.777. The maximum Gasteiger partial charge on any atom is 0.316 e. The Bertz CT molecular complexity index is 916. The van der Waals surface area contributed by atoms with Crippen LogP contribution < -0.4 is 5.32 Å². The van der Waals surface area contributed by atoms with Gasteiger partial charge in [-0.3, -0.25) is 4.79 Å². The minimum absolute atomic E-state index is 0.215. The molecular weight excluding hydrogens is 372 g/mol. The third-order valence-corrected chi connectivity index (χ3v) is 4.13. The molecule has 0 spiro atoms. The Labute approximate surface area is 147 Å². The molecule has 3 rings (SSSR count). The van der Waals surface area contributed by atoms with Crippen molar-refractivity contribution >= 4 is 44.5 Å². The summed E-state index contributed by atoms with van der Waals surface area (Å²) in [6.07, 6.45) is 0. The second-order valence-electron chi connectivity index (χ2n) is 5.63. The summed E-state index contributed by atoms with van der Waals surface area (Å²) in [7, 11) is 0. The molecule has 1 N–H and O–H groups in total. The summed E-state index contributed by atoms with van der Waals surface area (Å²) >= 11 is 3.49. The molecule has 0 bridgehead atoms. The van der Waals surface area contributed by atoms with Crippen molar-refractivity contribution in [2.24, 2.45) is 5.18 Å². The maximum atomic E-state index is 11.3. The van der Waals surface area contributed by atoms with Gasteiger partial charge in [0.1, 0.15) is 0 Å². The maximum absolute atomic E-state index is 11.3. The molecule has 0 aliphatic rings. The molecule has 122 valence electrons. The van der Waals surface area contributed by atoms with Gasteiger partial charge in [0.2, 0.25) is 5.95 Å². The lowest BCUT2D eigenvalue weighted by Crippen LogP contribution is -2.06. The number of rotatable bonds is 4. The van der Waals surface area contributed by atoms with E-state index in [0.29, 0.717) is 5.95 Å². The number of benzene rings is 2. The first kappa shape index (κ1) is 16.3. The van der Waals surface area contributed by atoms with Crippen LogP contribution in [0, 0.1) is 4.91 Å². The number of carbonyl (C=O) groups is 1. The smallest absolute Gasteiger partial charge is 0.316 e. The van der Waals surface area contributed by atoms with Crippen LogP contribution in [-0.4, -0.2) is 15.5 Å². The molecule has 0 fully saturated rings. The van der Waals surface area contributed by atoms with E-state index >= 15 is 0 Å². The van der Waals surface area contributed by atoms with E-state index in [4.69, 9.17) is 0 Å². The Morgan fingerprint density at radius 3 is 2.54 bits per heavy atom. The highest BCUT2D eigenvalue weighted by molar-refractivity contribution is 9.10. The zero-order valence-electron chi connectivity index (χ0n) is 13.2. The molecule has 0 unspecified atom stereocenters. The molecule has 24 heavy (non-hydrogen) atoms. The largest absolute Gasteiger partial charge is 0.326 e. The molecule has 0 radical (unpaired) electrons. The first-order valence-corrected chi connectivity index (χ1v) is 8.21. The minimum Gasteiger partial charge on any atom is -0.326 e. The van der Waals surface area contributed by atoms with E-state index in [0.717, 1.165) is 21.2 Å². The lowest BCUT2D eigenvalue weighted by molar-refractivity contribution is 0.100. The number of halogens is 1. The number of nitrogens with zero attached hydrogens (tertiary/aromatic N) is 3. The first-order valence-electron chi connectivity index (χ1n) is 7.42. The fourth-order valence-corrected chi connectivity index (χ4v) is 2.90. The van der Waals surface area contributed by atoms with Crippen molar-refractivity contribution in [1.82, 2.24) is 9.55 Å². The molecule has 0 saturated carbocycles. The Hall–Kier alpha value is -2.54. The molecule has 0 atom stereocenters. The average molecular weight is 387 g/mol. The number of hydrogen-bond donors (Lipinski definition) is 1. The van der Waals surface area contributed by atoms with Gasteiger partial charge >= 0.3 is 5.91 Å². The van der Waals surface area contributed by atoms with Gasteiger partial charge < -0.3 is 9.88 Å². The van der Waals surface area contributed by atoms with Crippen molar-refractivity contribution in [2.75, 3.05) is 5.32 Å². The van der Waals surface area contributed by atoms with Crippen LogP contribution in [0.1, 0.15) is 30.2 Å². The van der Waals surface area contributed by atoms with Crippen LogP contribution in [0.5, 0.6) is 0 Å². The number of aromatic nitrogens is 2. The number of amides is 1. The van der Waals surface area contributed by atoms with Gasteiger partial charge in [0.25, 0.3) is 0 Å². The van der Waals surface area contributed by atoms with E-state index in [1.807, 2.05) is 18.2 Å². The van der Waals surface area contributed by atoms with Gasteiger partial charge in [-0.05, 0) is 56.3 Å². The molecule has 1 aromatic heterocycles. The summed E-state index contributed by atoms with van der Waals surface area (Å²) in [4.78, 5) is 26.2. The van der Waals surface area contributed by atoms with E-state index in [-0.39, 0.29) is 11.6 Å². The lowest BCUT2D eigenvalue weighted by Gasteiger charge is -2.14. The van der Waals surface area contributed by atoms with Crippen molar-refractivity contribution < 1.29 is 4.79 Å². The quantitative estimate of drug-likeness (QED) is 0.637. The number of nitroso groups, excluding NO2 is 1. The lowest BCUT2D eigenvalue weighted by atomic mass is 10.2. The molecular formula is C17H15BrN4O2. The van der Waals surface area contributed by atoms with E-state index < -0.39 is 5.91 Å². The Morgan fingerprint density at radius 1 is 1.21 bits per heavy atom. The Balaban J connectivity index is 1.99. The number of nitrogens with one attached hydrogen (secondary N) is 1. The molecule has 0 aliphatic carbocycles. The second-order valence-corrected chi connectivity index (χ2v) is 6.55. The zero-order valence-corrected chi connectivity index (χ0v) is 14.7. The van der Waals surface area contributed by atoms with Gasteiger partial charge in [-0.1, -0.05) is 15.9 Å². The molecule has 1 heterocycles. The molecule has 1 amide bonds. The topological polar surface area (TPSA) is 76.3 Å². The van der Waals surface area contributed by atoms with E-state index in [2.05, 4.69) is 49.8 Å². The van der Waals surface area contributed by atoms with Gasteiger partial charge in [-0.2, -0.15) is 0 Å². The summed E-state index contributed by atoms with van der Waals surface area (Å²) in [6, 6.07) is 12.7. The second kappa shape index (κ2) is 6.52. The Kier molecular flexibility index (Phi) is 4.44. The molecule has 0 saturated heterocycles. The summed E-state index contributed by atoms with van der Waals surface area (Å²) in [5.74, 6) is -0.0634. The fraction of sp³-hybridized carbons (Fsp3) is 0.176. The zero-order chi connectivity index (χ0) is 17.3. The van der Waals surface area contributed by atoms with Gasteiger partial charge in [0, 0.05) is 26.9 Å². The fourth-order valence-electron chi connectivity index (χ4n) is 2.55. The van der Waals surface area contributed by atoms with Crippen molar-refractivity contribution in [3.8, 4) is 0 Å².